The third-order valence-electron chi connectivity index (χ3n) is 2.06. The molecular weight excluding hydrogens is 202 g/mol. The molecule has 0 aliphatic rings. The minimum atomic E-state index is 0. The Morgan fingerprint density at radius 3 is 2.00 bits per heavy atom. The van der Waals surface area contributed by atoms with Gasteiger partial charge in [0.2, 0.25) is 0 Å². The van der Waals surface area contributed by atoms with Crippen molar-refractivity contribution in [3.63, 3.8) is 0 Å². The lowest BCUT2D eigenvalue weighted by molar-refractivity contribution is 0.808. The van der Waals surface area contributed by atoms with Gasteiger partial charge in [0.15, 0.2) is 0 Å². The SMILES string of the molecule is CCC.Cc1ccnc(C(C)C)c1C.S. The molecule has 0 bridgehead atoms. The van der Waals surface area contributed by atoms with Gasteiger partial charge in [-0.05, 0) is 37.0 Å². The molecule has 0 aliphatic carbocycles. The zero-order valence-electron chi connectivity index (χ0n) is 10.9. The normalized spacial score (nSPS) is 9.00. The van der Waals surface area contributed by atoms with Crippen molar-refractivity contribution < 1.29 is 0 Å². The van der Waals surface area contributed by atoms with Crippen LogP contribution < -0.4 is 0 Å². The van der Waals surface area contributed by atoms with Gasteiger partial charge in [-0.15, -0.1) is 0 Å². The molecule has 0 amide bonds. The Bertz CT molecular complexity index is 269. The van der Waals surface area contributed by atoms with Crippen LogP contribution in [0, 0.1) is 13.8 Å². The van der Waals surface area contributed by atoms with Gasteiger partial charge in [-0.1, -0.05) is 34.1 Å². The predicted octanol–water partition coefficient (Wildman–Crippen LogP) is 4.35. The summed E-state index contributed by atoms with van der Waals surface area (Å²) < 4.78 is 0. The Balaban J connectivity index is 0. The summed E-state index contributed by atoms with van der Waals surface area (Å²) >= 11 is 0. The van der Waals surface area contributed by atoms with Crippen molar-refractivity contribution in [1.29, 1.82) is 0 Å². The van der Waals surface area contributed by atoms with E-state index in [0.717, 1.165) is 0 Å². The summed E-state index contributed by atoms with van der Waals surface area (Å²) in [6, 6.07) is 2.06. The zero-order valence-corrected chi connectivity index (χ0v) is 11.9. The standard InChI is InChI=1S/C10H15N.C3H8.H2S/c1-7(2)10-9(4)8(3)5-6-11-10;1-3-2;/h5-7H,1-4H3;3H2,1-2H3;1H2. The first-order chi connectivity index (χ1) is 6.54. The second kappa shape index (κ2) is 8.78. The Labute approximate surface area is 102 Å². The Kier molecular flexibility index (Phi) is 9.90. The van der Waals surface area contributed by atoms with E-state index in [9.17, 15) is 0 Å². The maximum absolute atomic E-state index is 4.34. The molecule has 15 heavy (non-hydrogen) atoms. The van der Waals surface area contributed by atoms with E-state index in [2.05, 4.69) is 52.6 Å². The van der Waals surface area contributed by atoms with Crippen LogP contribution in [0.3, 0.4) is 0 Å². The summed E-state index contributed by atoms with van der Waals surface area (Å²) in [4.78, 5) is 4.34. The summed E-state index contributed by atoms with van der Waals surface area (Å²) in [5.74, 6) is 0.537. The summed E-state index contributed by atoms with van der Waals surface area (Å²) in [6.45, 7) is 12.9. The highest BCUT2D eigenvalue weighted by Crippen LogP contribution is 2.17. The van der Waals surface area contributed by atoms with E-state index in [1.54, 1.807) is 0 Å². The van der Waals surface area contributed by atoms with Crippen molar-refractivity contribution in [2.24, 2.45) is 0 Å². The lowest BCUT2D eigenvalue weighted by atomic mass is 10.0. The molecule has 1 heterocycles. The van der Waals surface area contributed by atoms with Gasteiger partial charge in [-0.2, -0.15) is 13.5 Å². The second-order valence-corrected chi connectivity index (χ2v) is 4.00. The quantitative estimate of drug-likeness (QED) is 0.695. The van der Waals surface area contributed by atoms with Crippen LogP contribution in [0.2, 0.25) is 0 Å². The van der Waals surface area contributed by atoms with Crippen molar-refractivity contribution in [3.8, 4) is 0 Å². The summed E-state index contributed by atoms with van der Waals surface area (Å²) in [6.07, 6.45) is 3.14. The van der Waals surface area contributed by atoms with Gasteiger partial charge in [-0.25, -0.2) is 0 Å². The van der Waals surface area contributed by atoms with Gasteiger partial charge in [0.25, 0.3) is 0 Å². The average Bonchev–Trinajstić information content (AvgIpc) is 2.10. The number of aromatic nitrogens is 1. The maximum atomic E-state index is 4.34. The number of rotatable bonds is 1. The molecule has 1 aromatic rings. The van der Waals surface area contributed by atoms with E-state index in [1.807, 2.05) is 6.20 Å². The van der Waals surface area contributed by atoms with Crippen LogP contribution in [0.1, 0.15) is 56.9 Å². The smallest absolute Gasteiger partial charge is 0.0460 e. The summed E-state index contributed by atoms with van der Waals surface area (Å²) in [5, 5.41) is 0. The van der Waals surface area contributed by atoms with Crippen LogP contribution in [0.4, 0.5) is 0 Å². The first-order valence-electron chi connectivity index (χ1n) is 5.46. The van der Waals surface area contributed by atoms with Gasteiger partial charge in [0.1, 0.15) is 0 Å². The van der Waals surface area contributed by atoms with E-state index in [4.69, 9.17) is 0 Å². The van der Waals surface area contributed by atoms with E-state index in [1.165, 1.54) is 23.2 Å². The zero-order chi connectivity index (χ0) is 11.1. The molecule has 0 radical (unpaired) electrons. The molecule has 0 fully saturated rings. The molecule has 1 aromatic heterocycles. The fourth-order valence-corrected chi connectivity index (χ4v) is 1.24. The maximum Gasteiger partial charge on any atom is 0.0460 e. The molecule has 0 saturated heterocycles. The molecule has 88 valence electrons. The van der Waals surface area contributed by atoms with Crippen LogP contribution in [0.15, 0.2) is 12.3 Å². The molecule has 1 nitrogen and oxygen atoms in total. The Morgan fingerprint density at radius 2 is 1.67 bits per heavy atom. The van der Waals surface area contributed by atoms with Gasteiger partial charge < -0.3 is 0 Å². The molecule has 0 aromatic carbocycles. The summed E-state index contributed by atoms with van der Waals surface area (Å²) in [5.41, 5.74) is 3.90. The lowest BCUT2D eigenvalue weighted by Crippen LogP contribution is -1.97. The molecule has 1 rings (SSSR count). The van der Waals surface area contributed by atoms with E-state index >= 15 is 0 Å². The average molecular weight is 227 g/mol. The van der Waals surface area contributed by atoms with Crippen molar-refractivity contribution in [1.82, 2.24) is 4.98 Å². The molecule has 0 N–H and O–H groups in total. The van der Waals surface area contributed by atoms with Crippen molar-refractivity contribution >= 4 is 13.5 Å². The van der Waals surface area contributed by atoms with Crippen LogP contribution in [0.25, 0.3) is 0 Å². The van der Waals surface area contributed by atoms with Crippen LogP contribution in [-0.4, -0.2) is 4.98 Å². The number of pyridine rings is 1. The van der Waals surface area contributed by atoms with Gasteiger partial charge in [0.05, 0.1) is 0 Å². The van der Waals surface area contributed by atoms with E-state index in [0.29, 0.717) is 5.92 Å². The van der Waals surface area contributed by atoms with Crippen LogP contribution >= 0.6 is 13.5 Å². The first-order valence-corrected chi connectivity index (χ1v) is 5.46. The van der Waals surface area contributed by atoms with Crippen molar-refractivity contribution in [2.75, 3.05) is 0 Å². The second-order valence-electron chi connectivity index (χ2n) is 4.00. The largest absolute Gasteiger partial charge is 0.261 e. The van der Waals surface area contributed by atoms with E-state index in [-0.39, 0.29) is 13.5 Å². The number of aryl methyl sites for hydroxylation is 1. The number of hydrogen-bond acceptors (Lipinski definition) is 1. The highest BCUT2D eigenvalue weighted by Gasteiger charge is 2.04. The molecular formula is C13H25NS. The minimum absolute atomic E-state index is 0. The van der Waals surface area contributed by atoms with Crippen LogP contribution in [-0.2, 0) is 0 Å². The Hall–Kier alpha value is -0.500. The Morgan fingerprint density at radius 1 is 1.20 bits per heavy atom. The molecule has 0 unspecified atom stereocenters. The van der Waals surface area contributed by atoms with Crippen LogP contribution in [0.5, 0.6) is 0 Å². The first kappa shape index (κ1) is 16.9. The van der Waals surface area contributed by atoms with Crippen molar-refractivity contribution in [2.45, 2.75) is 53.9 Å². The van der Waals surface area contributed by atoms with Gasteiger partial charge in [0, 0.05) is 11.9 Å². The van der Waals surface area contributed by atoms with Gasteiger partial charge in [-0.3, -0.25) is 4.98 Å². The molecule has 2 heteroatoms. The molecule has 0 aliphatic heterocycles. The highest BCUT2D eigenvalue weighted by molar-refractivity contribution is 7.59. The fourth-order valence-electron chi connectivity index (χ4n) is 1.24. The fraction of sp³-hybridized carbons (Fsp3) is 0.615. The summed E-state index contributed by atoms with van der Waals surface area (Å²) in [7, 11) is 0. The monoisotopic (exact) mass is 227 g/mol. The molecule has 0 atom stereocenters. The number of nitrogens with zero attached hydrogens (tertiary/aromatic N) is 1. The van der Waals surface area contributed by atoms with E-state index < -0.39 is 0 Å². The van der Waals surface area contributed by atoms with Crippen molar-refractivity contribution in [3.05, 3.63) is 29.1 Å². The third kappa shape index (κ3) is 5.83. The minimum Gasteiger partial charge on any atom is -0.261 e. The number of hydrogen-bond donors (Lipinski definition) is 0. The molecule has 0 spiro atoms. The lowest BCUT2D eigenvalue weighted by Gasteiger charge is -2.09. The highest BCUT2D eigenvalue weighted by atomic mass is 32.1. The molecule has 0 saturated carbocycles. The van der Waals surface area contributed by atoms with Gasteiger partial charge >= 0.3 is 0 Å². The predicted molar refractivity (Wildman–Crippen MR) is 74.1 cm³/mol. The third-order valence-corrected chi connectivity index (χ3v) is 2.06. The topological polar surface area (TPSA) is 12.9 Å².